The van der Waals surface area contributed by atoms with Gasteiger partial charge in [0.1, 0.15) is 12.0 Å². The van der Waals surface area contributed by atoms with Gasteiger partial charge in [0.05, 0.1) is 11.8 Å². The molecule has 0 saturated carbocycles. The topological polar surface area (TPSA) is 33.5 Å². The van der Waals surface area contributed by atoms with Gasteiger partial charge in [-0.05, 0) is 45.0 Å². The fraction of sp³-hybridized carbons (Fsp3) is 0.615. The second-order valence-electron chi connectivity index (χ2n) is 4.78. The number of rotatable bonds is 4. The second-order valence-corrected chi connectivity index (χ2v) is 4.78. The first kappa shape index (κ1) is 11.4. The standard InChI is InChI=1S/C13H19NO2/c1-13(11-15,10-12-6-5-9-16-12)14-7-3-2-4-8-14/h5-6,9,11H,2-4,7-8,10H2,1H3. The summed E-state index contributed by atoms with van der Waals surface area (Å²) in [7, 11) is 0. The van der Waals surface area contributed by atoms with Gasteiger partial charge in [-0.25, -0.2) is 0 Å². The Morgan fingerprint density at radius 2 is 2.19 bits per heavy atom. The van der Waals surface area contributed by atoms with E-state index >= 15 is 0 Å². The van der Waals surface area contributed by atoms with Crippen LogP contribution in [0.1, 0.15) is 31.9 Å². The molecular weight excluding hydrogens is 202 g/mol. The van der Waals surface area contributed by atoms with E-state index in [2.05, 4.69) is 4.90 Å². The lowest BCUT2D eigenvalue weighted by atomic mass is 9.93. The molecule has 0 amide bonds. The van der Waals surface area contributed by atoms with Crippen molar-refractivity contribution in [3.05, 3.63) is 24.2 Å². The number of carbonyl (C=O) groups excluding carboxylic acids is 1. The first-order valence-electron chi connectivity index (χ1n) is 5.98. The summed E-state index contributed by atoms with van der Waals surface area (Å²) in [5.74, 6) is 0.889. The summed E-state index contributed by atoms with van der Waals surface area (Å²) < 4.78 is 5.34. The molecule has 1 aliphatic heterocycles. The molecule has 0 radical (unpaired) electrons. The predicted molar refractivity (Wildman–Crippen MR) is 62.3 cm³/mol. The van der Waals surface area contributed by atoms with Gasteiger partial charge in [0.15, 0.2) is 0 Å². The van der Waals surface area contributed by atoms with E-state index in [1.807, 2.05) is 19.1 Å². The molecule has 0 bridgehead atoms. The molecule has 3 nitrogen and oxygen atoms in total. The monoisotopic (exact) mass is 221 g/mol. The van der Waals surface area contributed by atoms with Crippen LogP contribution in [0.15, 0.2) is 22.8 Å². The van der Waals surface area contributed by atoms with E-state index in [0.717, 1.165) is 25.1 Å². The lowest BCUT2D eigenvalue weighted by Gasteiger charge is -2.39. The van der Waals surface area contributed by atoms with Crippen LogP contribution in [0, 0.1) is 0 Å². The number of carbonyl (C=O) groups is 1. The maximum atomic E-state index is 11.4. The summed E-state index contributed by atoms with van der Waals surface area (Å²) in [5, 5.41) is 0. The van der Waals surface area contributed by atoms with E-state index in [4.69, 9.17) is 4.42 Å². The van der Waals surface area contributed by atoms with Crippen molar-refractivity contribution >= 4 is 6.29 Å². The van der Waals surface area contributed by atoms with Gasteiger partial charge in [-0.1, -0.05) is 6.42 Å². The van der Waals surface area contributed by atoms with Crippen LogP contribution in [-0.2, 0) is 11.2 Å². The Bertz CT molecular complexity index is 328. The minimum absolute atomic E-state index is 0.404. The first-order chi connectivity index (χ1) is 7.74. The molecule has 0 aromatic carbocycles. The van der Waals surface area contributed by atoms with Crippen LogP contribution >= 0.6 is 0 Å². The Morgan fingerprint density at radius 3 is 2.75 bits per heavy atom. The summed E-state index contributed by atoms with van der Waals surface area (Å²) >= 11 is 0. The van der Waals surface area contributed by atoms with Crippen LogP contribution in [0.2, 0.25) is 0 Å². The third-order valence-electron chi connectivity index (χ3n) is 3.44. The molecule has 1 unspecified atom stereocenters. The summed E-state index contributed by atoms with van der Waals surface area (Å²) in [4.78, 5) is 13.7. The van der Waals surface area contributed by atoms with Gasteiger partial charge in [-0.2, -0.15) is 0 Å². The molecule has 16 heavy (non-hydrogen) atoms. The first-order valence-corrected chi connectivity index (χ1v) is 5.98. The lowest BCUT2D eigenvalue weighted by molar-refractivity contribution is -0.118. The van der Waals surface area contributed by atoms with Gasteiger partial charge in [0, 0.05) is 6.42 Å². The van der Waals surface area contributed by atoms with Crippen LogP contribution in [0.4, 0.5) is 0 Å². The van der Waals surface area contributed by atoms with Gasteiger partial charge >= 0.3 is 0 Å². The van der Waals surface area contributed by atoms with Crippen LogP contribution in [0.5, 0.6) is 0 Å². The van der Waals surface area contributed by atoms with Crippen molar-refractivity contribution in [2.75, 3.05) is 13.1 Å². The second kappa shape index (κ2) is 4.83. The van der Waals surface area contributed by atoms with Crippen molar-refractivity contribution < 1.29 is 9.21 Å². The van der Waals surface area contributed by atoms with Gasteiger partial charge in [0.2, 0.25) is 0 Å². The highest BCUT2D eigenvalue weighted by molar-refractivity contribution is 5.64. The fourth-order valence-corrected chi connectivity index (χ4v) is 2.40. The van der Waals surface area contributed by atoms with E-state index < -0.39 is 5.54 Å². The van der Waals surface area contributed by atoms with E-state index in [-0.39, 0.29) is 0 Å². The molecule has 2 rings (SSSR count). The number of aldehydes is 1. The number of piperidine rings is 1. The zero-order valence-corrected chi connectivity index (χ0v) is 9.82. The average Bonchev–Trinajstić information content (AvgIpc) is 2.83. The van der Waals surface area contributed by atoms with Crippen molar-refractivity contribution in [2.45, 2.75) is 38.1 Å². The van der Waals surface area contributed by atoms with Crippen molar-refractivity contribution in [3.8, 4) is 0 Å². The SMILES string of the molecule is CC(C=O)(Cc1ccco1)N1CCCCC1. The quantitative estimate of drug-likeness (QED) is 0.731. The predicted octanol–water partition coefficient (Wildman–Crippen LogP) is 2.27. The Labute approximate surface area is 96.4 Å². The highest BCUT2D eigenvalue weighted by atomic mass is 16.3. The zero-order valence-electron chi connectivity index (χ0n) is 9.82. The smallest absolute Gasteiger partial charge is 0.140 e. The third kappa shape index (κ3) is 2.35. The summed E-state index contributed by atoms with van der Waals surface area (Å²) in [5.41, 5.74) is -0.404. The van der Waals surface area contributed by atoms with Gasteiger partial charge in [0.25, 0.3) is 0 Å². The Hall–Kier alpha value is -1.09. The largest absolute Gasteiger partial charge is 0.469 e. The molecule has 1 atom stereocenters. The van der Waals surface area contributed by atoms with Crippen molar-refractivity contribution in [1.82, 2.24) is 4.90 Å². The molecule has 1 aromatic heterocycles. The van der Waals surface area contributed by atoms with Gasteiger partial charge < -0.3 is 9.21 Å². The van der Waals surface area contributed by atoms with Crippen molar-refractivity contribution in [3.63, 3.8) is 0 Å². The highest BCUT2D eigenvalue weighted by Crippen LogP contribution is 2.23. The molecule has 1 aliphatic rings. The van der Waals surface area contributed by atoms with E-state index in [0.29, 0.717) is 6.42 Å². The van der Waals surface area contributed by atoms with E-state index in [9.17, 15) is 4.79 Å². The Balaban J connectivity index is 2.08. The van der Waals surface area contributed by atoms with Gasteiger partial charge in [-0.3, -0.25) is 4.90 Å². The van der Waals surface area contributed by atoms with Crippen molar-refractivity contribution in [1.29, 1.82) is 0 Å². The van der Waals surface area contributed by atoms with Crippen LogP contribution in [0.3, 0.4) is 0 Å². The molecule has 0 aliphatic carbocycles. The zero-order chi connectivity index (χ0) is 11.4. The van der Waals surface area contributed by atoms with E-state index in [1.165, 1.54) is 19.3 Å². The van der Waals surface area contributed by atoms with Crippen LogP contribution in [-0.4, -0.2) is 29.8 Å². The summed E-state index contributed by atoms with van der Waals surface area (Å²) in [6.45, 7) is 4.06. The Morgan fingerprint density at radius 1 is 1.44 bits per heavy atom. The molecular formula is C13H19NO2. The summed E-state index contributed by atoms with van der Waals surface area (Å²) in [6.07, 6.45) is 7.08. The number of hydrogen-bond acceptors (Lipinski definition) is 3. The van der Waals surface area contributed by atoms with Gasteiger partial charge in [-0.15, -0.1) is 0 Å². The molecule has 1 fully saturated rings. The molecule has 2 heterocycles. The summed E-state index contributed by atoms with van der Waals surface area (Å²) in [6, 6.07) is 3.81. The highest BCUT2D eigenvalue weighted by Gasteiger charge is 2.33. The average molecular weight is 221 g/mol. The number of nitrogens with zero attached hydrogens (tertiary/aromatic N) is 1. The third-order valence-corrected chi connectivity index (χ3v) is 3.44. The number of hydrogen-bond donors (Lipinski definition) is 0. The van der Waals surface area contributed by atoms with E-state index in [1.54, 1.807) is 6.26 Å². The maximum absolute atomic E-state index is 11.4. The number of likely N-dealkylation sites (tertiary alicyclic amines) is 1. The van der Waals surface area contributed by atoms with Crippen LogP contribution in [0.25, 0.3) is 0 Å². The molecule has 0 N–H and O–H groups in total. The molecule has 1 aromatic rings. The minimum atomic E-state index is -0.404. The molecule has 1 saturated heterocycles. The molecule has 3 heteroatoms. The Kier molecular flexibility index (Phi) is 3.44. The van der Waals surface area contributed by atoms with Crippen molar-refractivity contribution in [2.24, 2.45) is 0 Å². The molecule has 0 spiro atoms. The normalized spacial score (nSPS) is 21.6. The lowest BCUT2D eigenvalue weighted by Crippen LogP contribution is -2.51. The van der Waals surface area contributed by atoms with Crippen LogP contribution < -0.4 is 0 Å². The maximum Gasteiger partial charge on any atom is 0.140 e. The fourth-order valence-electron chi connectivity index (χ4n) is 2.40. The molecule has 88 valence electrons. The minimum Gasteiger partial charge on any atom is -0.469 e. The number of furan rings is 1.